The van der Waals surface area contributed by atoms with Crippen LogP contribution in [0.3, 0.4) is 0 Å². The Bertz CT molecular complexity index is 639. The van der Waals surface area contributed by atoms with Crippen molar-refractivity contribution < 1.29 is 9.90 Å². The number of hydrogen-bond donors (Lipinski definition) is 2. The van der Waals surface area contributed by atoms with Crippen LogP contribution >= 0.6 is 11.3 Å². The van der Waals surface area contributed by atoms with Crippen molar-refractivity contribution in [3.05, 3.63) is 52.0 Å². The van der Waals surface area contributed by atoms with Gasteiger partial charge in [0.05, 0.1) is 24.4 Å². The van der Waals surface area contributed by atoms with E-state index in [1.54, 1.807) is 11.7 Å². The minimum absolute atomic E-state index is 0.0751. The van der Waals surface area contributed by atoms with Crippen molar-refractivity contribution >= 4 is 17.2 Å². The number of aliphatic hydroxyl groups is 1. The van der Waals surface area contributed by atoms with Crippen LogP contribution in [0, 0.1) is 11.8 Å². The summed E-state index contributed by atoms with van der Waals surface area (Å²) in [5, 5.41) is 11.6. The van der Waals surface area contributed by atoms with E-state index in [4.69, 9.17) is 5.11 Å². The van der Waals surface area contributed by atoms with Gasteiger partial charge in [0.25, 0.3) is 5.91 Å². The maximum atomic E-state index is 11.9. The summed E-state index contributed by atoms with van der Waals surface area (Å²) in [6, 6.07) is 7.63. The molecule has 5 heteroatoms. The molecule has 0 fully saturated rings. The zero-order valence-electron chi connectivity index (χ0n) is 11.7. The van der Waals surface area contributed by atoms with Crippen molar-refractivity contribution in [2.24, 2.45) is 0 Å². The molecule has 0 aliphatic carbocycles. The normalized spacial score (nSPS) is 11.3. The number of benzene rings is 1. The van der Waals surface area contributed by atoms with Gasteiger partial charge in [-0.3, -0.25) is 9.78 Å². The van der Waals surface area contributed by atoms with Crippen molar-refractivity contribution in [2.45, 2.75) is 19.4 Å². The molecule has 0 saturated carbocycles. The van der Waals surface area contributed by atoms with Crippen molar-refractivity contribution in [2.75, 3.05) is 6.61 Å². The van der Waals surface area contributed by atoms with Gasteiger partial charge in [0.2, 0.25) is 0 Å². The second kappa shape index (κ2) is 7.58. The largest absolute Gasteiger partial charge is 0.395 e. The van der Waals surface area contributed by atoms with E-state index in [9.17, 15) is 4.79 Å². The molecule has 1 aromatic heterocycles. The lowest BCUT2D eigenvalue weighted by Gasteiger charge is -2.13. The lowest BCUT2D eigenvalue weighted by molar-refractivity contribution is 0.0944. The molecule has 0 saturated heterocycles. The van der Waals surface area contributed by atoms with Crippen LogP contribution in [0.4, 0.5) is 0 Å². The van der Waals surface area contributed by atoms with Gasteiger partial charge >= 0.3 is 0 Å². The second-order valence-electron chi connectivity index (χ2n) is 4.46. The highest BCUT2D eigenvalue weighted by molar-refractivity contribution is 7.11. The molecule has 0 bridgehead atoms. The molecule has 1 heterocycles. The van der Waals surface area contributed by atoms with E-state index < -0.39 is 0 Å². The Balaban J connectivity index is 1.98. The Morgan fingerprint density at radius 1 is 1.43 bits per heavy atom. The summed E-state index contributed by atoms with van der Waals surface area (Å²) in [6.07, 6.45) is 2.04. The molecule has 108 valence electrons. The van der Waals surface area contributed by atoms with Gasteiger partial charge in [0.1, 0.15) is 4.88 Å². The van der Waals surface area contributed by atoms with Crippen LogP contribution in [0.15, 0.2) is 36.0 Å². The Morgan fingerprint density at radius 2 is 2.19 bits per heavy atom. The van der Waals surface area contributed by atoms with E-state index in [2.05, 4.69) is 22.1 Å². The highest BCUT2D eigenvalue weighted by Gasteiger charge is 2.12. The first-order valence-electron chi connectivity index (χ1n) is 6.59. The van der Waals surface area contributed by atoms with Crippen molar-refractivity contribution in [1.82, 2.24) is 10.3 Å². The summed E-state index contributed by atoms with van der Waals surface area (Å²) in [5.74, 6) is 5.73. The van der Waals surface area contributed by atoms with E-state index in [-0.39, 0.29) is 18.6 Å². The lowest BCUT2D eigenvalue weighted by Crippen LogP contribution is -2.25. The SMILES string of the molecule is CC(NC(=O)c1cncs1)c1ccc(C#CCCO)cc1. The third kappa shape index (κ3) is 4.42. The molecule has 21 heavy (non-hydrogen) atoms. The summed E-state index contributed by atoms with van der Waals surface area (Å²) in [4.78, 5) is 16.4. The van der Waals surface area contributed by atoms with Crippen LogP contribution in [-0.4, -0.2) is 22.6 Å². The molecule has 2 N–H and O–H groups in total. The topological polar surface area (TPSA) is 62.2 Å². The average Bonchev–Trinajstić information content (AvgIpc) is 3.02. The number of thiazole rings is 1. The summed E-state index contributed by atoms with van der Waals surface area (Å²) in [7, 11) is 0. The summed E-state index contributed by atoms with van der Waals surface area (Å²) < 4.78 is 0. The van der Waals surface area contributed by atoms with Crippen LogP contribution < -0.4 is 5.32 Å². The molecule has 4 nitrogen and oxygen atoms in total. The summed E-state index contributed by atoms with van der Waals surface area (Å²) in [5.41, 5.74) is 3.55. The molecule has 2 aromatic rings. The summed E-state index contributed by atoms with van der Waals surface area (Å²) in [6.45, 7) is 2.01. The standard InChI is InChI=1S/C16H16N2O2S/c1-12(18-16(20)15-10-17-11-21-15)14-7-5-13(6-8-14)4-2-3-9-19/h5-8,10-12,19H,3,9H2,1H3,(H,18,20). The minimum Gasteiger partial charge on any atom is -0.395 e. The van der Waals surface area contributed by atoms with Gasteiger partial charge in [0.15, 0.2) is 0 Å². The molecule has 0 spiro atoms. The first kappa shape index (κ1) is 15.2. The Kier molecular flexibility index (Phi) is 5.50. The fraction of sp³-hybridized carbons (Fsp3) is 0.250. The second-order valence-corrected chi connectivity index (χ2v) is 5.34. The highest BCUT2D eigenvalue weighted by atomic mass is 32.1. The number of hydrogen-bond acceptors (Lipinski definition) is 4. The van der Waals surface area contributed by atoms with Crippen molar-refractivity contribution in [3.63, 3.8) is 0 Å². The first-order valence-corrected chi connectivity index (χ1v) is 7.47. The van der Waals surface area contributed by atoms with Gasteiger partial charge in [-0.2, -0.15) is 0 Å². The predicted molar refractivity (Wildman–Crippen MR) is 83.0 cm³/mol. The molecule has 0 aliphatic rings. The maximum absolute atomic E-state index is 11.9. The number of aromatic nitrogens is 1. The molecular weight excluding hydrogens is 284 g/mol. The monoisotopic (exact) mass is 300 g/mol. The predicted octanol–water partition coefficient (Wildman–Crippen LogP) is 2.37. The number of nitrogens with zero attached hydrogens (tertiary/aromatic N) is 1. The zero-order valence-corrected chi connectivity index (χ0v) is 12.5. The van der Waals surface area contributed by atoms with Gasteiger partial charge in [-0.1, -0.05) is 24.0 Å². The Labute approximate surface area is 127 Å². The quantitative estimate of drug-likeness (QED) is 0.852. The molecule has 1 aromatic carbocycles. The van der Waals surface area contributed by atoms with Crippen LogP contribution in [0.5, 0.6) is 0 Å². The van der Waals surface area contributed by atoms with E-state index >= 15 is 0 Å². The van der Waals surface area contributed by atoms with Gasteiger partial charge in [0, 0.05) is 12.0 Å². The van der Waals surface area contributed by atoms with Gasteiger partial charge in [-0.05, 0) is 24.6 Å². The molecule has 0 aliphatic heterocycles. The Hall–Kier alpha value is -2.16. The van der Waals surface area contributed by atoms with Gasteiger partial charge in [-0.15, -0.1) is 11.3 Å². The summed E-state index contributed by atoms with van der Waals surface area (Å²) >= 11 is 1.32. The number of aliphatic hydroxyl groups excluding tert-OH is 1. The highest BCUT2D eigenvalue weighted by Crippen LogP contribution is 2.15. The van der Waals surface area contributed by atoms with Crippen LogP contribution in [0.2, 0.25) is 0 Å². The maximum Gasteiger partial charge on any atom is 0.263 e. The van der Waals surface area contributed by atoms with E-state index in [1.807, 2.05) is 31.2 Å². The van der Waals surface area contributed by atoms with Crippen molar-refractivity contribution in [3.8, 4) is 11.8 Å². The number of carbonyl (C=O) groups excluding carboxylic acids is 1. The lowest BCUT2D eigenvalue weighted by atomic mass is 10.1. The van der Waals surface area contributed by atoms with E-state index in [1.165, 1.54) is 11.3 Å². The van der Waals surface area contributed by atoms with Crippen LogP contribution in [-0.2, 0) is 0 Å². The molecule has 0 radical (unpaired) electrons. The zero-order chi connectivity index (χ0) is 15.1. The Morgan fingerprint density at radius 3 is 2.81 bits per heavy atom. The minimum atomic E-state index is -0.114. The van der Waals surface area contributed by atoms with Gasteiger partial charge in [-0.25, -0.2) is 0 Å². The van der Waals surface area contributed by atoms with Gasteiger partial charge < -0.3 is 10.4 Å². The van der Waals surface area contributed by atoms with Crippen LogP contribution in [0.1, 0.15) is 40.2 Å². The third-order valence-corrected chi connectivity index (χ3v) is 3.66. The molecule has 1 atom stereocenters. The number of rotatable bonds is 4. The fourth-order valence-corrected chi connectivity index (χ4v) is 2.28. The molecule has 1 unspecified atom stereocenters. The third-order valence-electron chi connectivity index (χ3n) is 2.88. The molecule has 1 amide bonds. The van der Waals surface area contributed by atoms with Crippen molar-refractivity contribution in [1.29, 1.82) is 0 Å². The number of nitrogens with one attached hydrogen (secondary N) is 1. The van der Waals surface area contributed by atoms with Crippen LogP contribution in [0.25, 0.3) is 0 Å². The number of carbonyl (C=O) groups is 1. The smallest absolute Gasteiger partial charge is 0.263 e. The van der Waals surface area contributed by atoms with E-state index in [0.29, 0.717) is 11.3 Å². The van der Waals surface area contributed by atoms with E-state index in [0.717, 1.165) is 11.1 Å². The number of amides is 1. The average molecular weight is 300 g/mol. The first-order chi connectivity index (χ1) is 10.2. The molecule has 2 rings (SSSR count). The fourth-order valence-electron chi connectivity index (χ4n) is 1.75. The molecular formula is C16H16N2O2S.